The van der Waals surface area contributed by atoms with Gasteiger partial charge in [-0.1, -0.05) is 12.8 Å². The van der Waals surface area contributed by atoms with Crippen molar-refractivity contribution in [1.29, 1.82) is 0 Å². The van der Waals surface area contributed by atoms with Crippen LogP contribution in [-0.2, 0) is 0 Å². The summed E-state index contributed by atoms with van der Waals surface area (Å²) in [5.74, 6) is 0. The van der Waals surface area contributed by atoms with Crippen LogP contribution in [0, 0.1) is 0 Å². The minimum Gasteiger partial charge on any atom is -0.235 e. The first-order valence-electron chi connectivity index (χ1n) is 7.65. The van der Waals surface area contributed by atoms with Gasteiger partial charge in [0.1, 0.15) is 0 Å². The van der Waals surface area contributed by atoms with Crippen LogP contribution in [-0.4, -0.2) is 32.8 Å². The van der Waals surface area contributed by atoms with Crippen LogP contribution in [0.5, 0.6) is 0 Å². The molecule has 0 N–H and O–H groups in total. The highest BCUT2D eigenvalue weighted by molar-refractivity contribution is 14.3. The van der Waals surface area contributed by atoms with Gasteiger partial charge in [0.15, 0.2) is 0 Å². The Morgan fingerprint density at radius 1 is 0.684 bits per heavy atom. The molecule has 4 atom stereocenters. The van der Waals surface area contributed by atoms with Gasteiger partial charge in [-0.3, -0.25) is 0 Å². The Morgan fingerprint density at radius 3 is 1.21 bits per heavy atom. The van der Waals surface area contributed by atoms with E-state index in [1.807, 2.05) is 0 Å². The molecular weight excluding hydrogens is 482 g/mol. The Kier molecular flexibility index (Phi) is 6.18. The summed E-state index contributed by atoms with van der Waals surface area (Å²) >= 11 is 5.59. The molecule has 0 saturated carbocycles. The Balaban J connectivity index is 2.23. The number of nitrogens with zero attached hydrogens (tertiary/aromatic N) is 2. The molecule has 2 fully saturated rings. The van der Waals surface area contributed by atoms with E-state index in [1.54, 1.807) is 0 Å². The van der Waals surface area contributed by atoms with Crippen LogP contribution in [0.4, 0.5) is 0 Å². The van der Waals surface area contributed by atoms with Gasteiger partial charge < -0.3 is 0 Å². The second-order valence-electron chi connectivity index (χ2n) is 6.39. The van der Waals surface area contributed by atoms with Gasteiger partial charge in [-0.05, 0) is 58.1 Å². The van der Waals surface area contributed by atoms with Crippen molar-refractivity contribution in [3.63, 3.8) is 0 Å². The van der Waals surface area contributed by atoms with Gasteiger partial charge in [-0.2, -0.15) is 0 Å². The summed E-state index contributed by atoms with van der Waals surface area (Å²) < 4.78 is 4.84. The van der Waals surface area contributed by atoms with Gasteiger partial charge in [0.25, 0.3) is 0 Å². The quantitative estimate of drug-likeness (QED) is 0.431. The third kappa shape index (κ3) is 3.56. The lowest BCUT2D eigenvalue weighted by Crippen LogP contribution is -2.51. The topological polar surface area (TPSA) is 6.48 Å². The Bertz CT molecular complexity index is 266. The van der Waals surface area contributed by atoms with Crippen molar-refractivity contribution >= 4 is 47.2 Å². The van der Waals surface area contributed by atoms with Gasteiger partial charge in [-0.25, -0.2) is 8.61 Å². The average Bonchev–Trinajstić information content (AvgIpc) is 2.27. The summed E-state index contributed by atoms with van der Waals surface area (Å²) in [4.78, 5) is 0. The van der Waals surface area contributed by atoms with E-state index in [1.165, 1.54) is 38.5 Å². The molecule has 0 bridgehead atoms. The Hall–Kier alpha value is 1.73. The third-order valence-electron chi connectivity index (χ3n) is 4.73. The monoisotopic (exact) mass is 510 g/mol. The SMILES string of the molecule is CC1CCCC(C)N1S(I)(I)N1C(C)CCCC1C. The van der Waals surface area contributed by atoms with Gasteiger partial charge in [-0.15, -0.1) is 0 Å². The molecule has 2 nitrogen and oxygen atoms in total. The number of hydrogen-bond acceptors (Lipinski definition) is 2. The Morgan fingerprint density at radius 2 is 0.947 bits per heavy atom. The lowest BCUT2D eigenvalue weighted by Gasteiger charge is -2.58. The van der Waals surface area contributed by atoms with E-state index >= 15 is 0 Å². The van der Waals surface area contributed by atoms with E-state index in [9.17, 15) is 0 Å². The maximum atomic E-state index is 2.86. The van der Waals surface area contributed by atoms with E-state index in [0.29, 0.717) is 0 Å². The highest BCUT2D eigenvalue weighted by atomic mass is 127. The van der Waals surface area contributed by atoms with E-state index in [0.717, 1.165) is 24.2 Å². The molecule has 114 valence electrons. The third-order valence-corrected chi connectivity index (χ3v) is 12.6. The van der Waals surface area contributed by atoms with Crippen molar-refractivity contribution < 1.29 is 0 Å². The zero-order valence-electron chi connectivity index (χ0n) is 12.6. The minimum absolute atomic E-state index is 0.744. The first-order valence-corrected chi connectivity index (χ1v) is 14.3. The number of piperidine rings is 2. The van der Waals surface area contributed by atoms with Crippen LogP contribution < -0.4 is 0 Å². The van der Waals surface area contributed by atoms with Crippen LogP contribution in [0.15, 0.2) is 0 Å². The van der Waals surface area contributed by atoms with E-state index < -0.39 is 4.74 Å². The summed E-state index contributed by atoms with van der Waals surface area (Å²) in [5.41, 5.74) is 0. The molecule has 0 amide bonds. The molecule has 5 heteroatoms. The zero-order chi connectivity index (χ0) is 14.2. The van der Waals surface area contributed by atoms with Crippen LogP contribution in [0.2, 0.25) is 0 Å². The number of rotatable bonds is 2. The van der Waals surface area contributed by atoms with Crippen molar-refractivity contribution in [2.24, 2.45) is 0 Å². The standard InChI is InChI=1S/C14H28I2N2S/c1-11-7-5-8-12(2)17(11)19(15,16)18-13(3)9-6-10-14(18)4/h11-14H,5-10H2,1-4H3. The summed E-state index contributed by atoms with van der Waals surface area (Å²) in [7, 11) is 0. The molecular formula is C14H28I2N2S. The van der Waals surface area contributed by atoms with Crippen LogP contribution in [0.1, 0.15) is 66.2 Å². The van der Waals surface area contributed by atoms with E-state index in [4.69, 9.17) is 0 Å². The summed E-state index contributed by atoms with van der Waals surface area (Å²) in [6, 6.07) is 2.98. The molecule has 2 aliphatic heterocycles. The Labute approximate surface area is 145 Å². The van der Waals surface area contributed by atoms with E-state index in [2.05, 4.69) is 78.7 Å². The predicted molar refractivity (Wildman–Crippen MR) is 105 cm³/mol. The van der Waals surface area contributed by atoms with Gasteiger partial charge in [0.2, 0.25) is 0 Å². The largest absolute Gasteiger partial charge is 0.235 e. The first kappa shape index (κ1) is 17.1. The lowest BCUT2D eigenvalue weighted by atomic mass is 10.0. The molecule has 2 aliphatic rings. The average molecular weight is 510 g/mol. The van der Waals surface area contributed by atoms with Crippen molar-refractivity contribution in [2.75, 3.05) is 0 Å². The minimum atomic E-state index is -0.875. The smallest absolute Gasteiger partial charge is 0.0187 e. The van der Waals surface area contributed by atoms with Crippen LogP contribution in [0.25, 0.3) is 0 Å². The summed E-state index contributed by atoms with van der Waals surface area (Å²) in [6.07, 6.45) is 8.33. The number of halogens is 2. The van der Waals surface area contributed by atoms with Crippen molar-refractivity contribution in [3.05, 3.63) is 0 Å². The molecule has 4 unspecified atom stereocenters. The molecule has 19 heavy (non-hydrogen) atoms. The van der Waals surface area contributed by atoms with Crippen molar-refractivity contribution in [1.82, 2.24) is 8.61 Å². The molecule has 2 saturated heterocycles. The molecule has 2 heterocycles. The molecule has 0 aromatic rings. The first-order chi connectivity index (χ1) is 8.85. The molecule has 0 aromatic heterocycles. The van der Waals surface area contributed by atoms with Gasteiger partial charge >= 0.3 is 0 Å². The maximum absolute atomic E-state index is 2.86. The fourth-order valence-corrected chi connectivity index (χ4v) is 15.5. The summed E-state index contributed by atoms with van der Waals surface area (Å²) in [6.45, 7) is 9.75. The van der Waals surface area contributed by atoms with Crippen LogP contribution >= 0.6 is 47.2 Å². The highest BCUT2D eigenvalue weighted by Crippen LogP contribution is 2.73. The number of hydrogen-bond donors (Lipinski definition) is 0. The lowest BCUT2D eigenvalue weighted by molar-refractivity contribution is 0.178. The summed E-state index contributed by atoms with van der Waals surface area (Å²) in [5, 5.41) is 0. The fraction of sp³-hybridized carbons (Fsp3) is 1.00. The zero-order valence-corrected chi connectivity index (χ0v) is 17.7. The highest BCUT2D eigenvalue weighted by Gasteiger charge is 2.44. The second kappa shape index (κ2) is 6.87. The molecule has 0 aromatic carbocycles. The molecule has 0 aliphatic carbocycles. The predicted octanol–water partition coefficient (Wildman–Crippen LogP) is 5.85. The molecule has 0 spiro atoms. The van der Waals surface area contributed by atoms with Gasteiger partial charge in [0, 0.05) is 66.6 Å². The second-order valence-corrected chi connectivity index (χ2v) is 20.5. The maximum Gasteiger partial charge on any atom is 0.0187 e. The fourth-order valence-electron chi connectivity index (χ4n) is 3.77. The normalized spacial score (nSPS) is 40.3. The van der Waals surface area contributed by atoms with Crippen molar-refractivity contribution in [3.8, 4) is 0 Å². The molecule has 0 radical (unpaired) electrons. The molecule has 2 rings (SSSR count). The van der Waals surface area contributed by atoms with Crippen molar-refractivity contribution in [2.45, 2.75) is 90.4 Å². The van der Waals surface area contributed by atoms with Gasteiger partial charge in [0.05, 0.1) is 0 Å². The van der Waals surface area contributed by atoms with E-state index in [-0.39, 0.29) is 0 Å². The van der Waals surface area contributed by atoms with Crippen LogP contribution in [0.3, 0.4) is 0 Å².